The lowest BCUT2D eigenvalue weighted by atomic mass is 10.1. The lowest BCUT2D eigenvalue weighted by Gasteiger charge is -2.35. The SMILES string of the molecule is CC(C)(C)N1CCCN2N=CSC2C1. The fourth-order valence-corrected chi connectivity index (χ4v) is 2.84. The molecular weight excluding hydrogens is 194 g/mol. The molecule has 1 saturated heterocycles. The standard InChI is InChI=1S/C10H19N3S/c1-10(2,3)12-5-4-6-13-9(7-12)14-8-11-13/h8-9H,4-7H2,1-3H3. The maximum atomic E-state index is 4.38. The Bertz CT molecular complexity index is 234. The first kappa shape index (κ1) is 10.3. The summed E-state index contributed by atoms with van der Waals surface area (Å²) < 4.78 is 0. The van der Waals surface area contributed by atoms with E-state index in [1.165, 1.54) is 13.0 Å². The van der Waals surface area contributed by atoms with Gasteiger partial charge in [-0.3, -0.25) is 9.91 Å². The number of nitrogens with zero attached hydrogens (tertiary/aromatic N) is 3. The van der Waals surface area contributed by atoms with Gasteiger partial charge in [-0.1, -0.05) is 11.8 Å². The third-order valence-corrected chi connectivity index (χ3v) is 3.81. The van der Waals surface area contributed by atoms with Gasteiger partial charge in [-0.25, -0.2) is 0 Å². The molecule has 0 amide bonds. The van der Waals surface area contributed by atoms with Gasteiger partial charge in [0.15, 0.2) is 0 Å². The second-order valence-electron chi connectivity index (χ2n) is 4.95. The molecule has 0 bridgehead atoms. The van der Waals surface area contributed by atoms with Gasteiger partial charge in [0, 0.05) is 25.2 Å². The molecule has 0 aromatic rings. The first-order valence-electron chi connectivity index (χ1n) is 5.27. The van der Waals surface area contributed by atoms with Crippen molar-refractivity contribution < 1.29 is 0 Å². The molecule has 0 saturated carbocycles. The Morgan fingerprint density at radius 2 is 2.14 bits per heavy atom. The Balaban J connectivity index is 2.03. The van der Waals surface area contributed by atoms with Crippen LogP contribution < -0.4 is 0 Å². The predicted molar refractivity (Wildman–Crippen MR) is 62.5 cm³/mol. The Morgan fingerprint density at radius 3 is 2.86 bits per heavy atom. The van der Waals surface area contributed by atoms with Gasteiger partial charge in [-0.15, -0.1) is 0 Å². The van der Waals surface area contributed by atoms with E-state index < -0.39 is 0 Å². The molecule has 3 nitrogen and oxygen atoms in total. The number of thioether (sulfide) groups is 1. The minimum Gasteiger partial charge on any atom is -0.295 e. The summed E-state index contributed by atoms with van der Waals surface area (Å²) in [5.74, 6) is 0. The smallest absolute Gasteiger partial charge is 0.110 e. The van der Waals surface area contributed by atoms with E-state index in [0.717, 1.165) is 13.1 Å². The first-order chi connectivity index (χ1) is 6.57. The van der Waals surface area contributed by atoms with Crippen molar-refractivity contribution in [1.29, 1.82) is 0 Å². The maximum absolute atomic E-state index is 4.38. The van der Waals surface area contributed by atoms with Gasteiger partial charge in [0.05, 0.1) is 5.55 Å². The van der Waals surface area contributed by atoms with Crippen LogP contribution in [0.5, 0.6) is 0 Å². The van der Waals surface area contributed by atoms with Crippen LogP contribution in [0.2, 0.25) is 0 Å². The second-order valence-corrected chi connectivity index (χ2v) is 5.97. The van der Waals surface area contributed by atoms with Crippen molar-refractivity contribution in [3.63, 3.8) is 0 Å². The third kappa shape index (κ3) is 2.06. The summed E-state index contributed by atoms with van der Waals surface area (Å²) >= 11 is 1.85. The van der Waals surface area contributed by atoms with E-state index in [0.29, 0.717) is 10.9 Å². The quantitative estimate of drug-likeness (QED) is 0.611. The minimum absolute atomic E-state index is 0.291. The fourth-order valence-electron chi connectivity index (χ4n) is 1.95. The van der Waals surface area contributed by atoms with Gasteiger partial charge >= 0.3 is 0 Å². The molecule has 0 aromatic heterocycles. The topological polar surface area (TPSA) is 18.8 Å². The Hall–Kier alpha value is -0.220. The first-order valence-corrected chi connectivity index (χ1v) is 6.21. The summed E-state index contributed by atoms with van der Waals surface area (Å²) in [6.07, 6.45) is 1.23. The van der Waals surface area contributed by atoms with Crippen LogP contribution in [0.25, 0.3) is 0 Å². The van der Waals surface area contributed by atoms with E-state index in [4.69, 9.17) is 0 Å². The van der Waals surface area contributed by atoms with Crippen LogP contribution in [0, 0.1) is 0 Å². The predicted octanol–water partition coefficient (Wildman–Crippen LogP) is 1.81. The normalized spacial score (nSPS) is 29.1. The van der Waals surface area contributed by atoms with Crippen LogP contribution in [0.3, 0.4) is 0 Å². The van der Waals surface area contributed by atoms with Crippen molar-refractivity contribution in [2.45, 2.75) is 38.1 Å². The highest BCUT2D eigenvalue weighted by Gasteiger charge is 2.31. The number of hydrazone groups is 1. The Kier molecular flexibility index (Phi) is 2.75. The van der Waals surface area contributed by atoms with Crippen molar-refractivity contribution in [3.05, 3.63) is 0 Å². The third-order valence-electron chi connectivity index (χ3n) is 2.89. The largest absolute Gasteiger partial charge is 0.295 e. The molecule has 2 heterocycles. The van der Waals surface area contributed by atoms with Crippen molar-refractivity contribution in [2.24, 2.45) is 5.10 Å². The van der Waals surface area contributed by atoms with Gasteiger partial charge < -0.3 is 0 Å². The van der Waals surface area contributed by atoms with Crippen LogP contribution in [0.15, 0.2) is 5.10 Å². The number of rotatable bonds is 0. The molecule has 1 unspecified atom stereocenters. The van der Waals surface area contributed by atoms with Crippen LogP contribution in [-0.2, 0) is 0 Å². The van der Waals surface area contributed by atoms with E-state index in [-0.39, 0.29) is 0 Å². The molecule has 1 fully saturated rings. The Labute approximate surface area is 90.5 Å². The highest BCUT2D eigenvalue weighted by Crippen LogP contribution is 2.27. The summed E-state index contributed by atoms with van der Waals surface area (Å²) in [6.45, 7) is 10.3. The zero-order valence-corrected chi connectivity index (χ0v) is 10.0. The van der Waals surface area contributed by atoms with Crippen molar-refractivity contribution in [2.75, 3.05) is 19.6 Å². The van der Waals surface area contributed by atoms with E-state index in [1.807, 2.05) is 17.3 Å². The highest BCUT2D eigenvalue weighted by molar-refractivity contribution is 8.12. The Morgan fingerprint density at radius 1 is 1.36 bits per heavy atom. The molecule has 0 spiro atoms. The zero-order valence-electron chi connectivity index (χ0n) is 9.23. The second kappa shape index (κ2) is 3.74. The molecular formula is C10H19N3S. The molecule has 80 valence electrons. The fraction of sp³-hybridized carbons (Fsp3) is 0.900. The van der Waals surface area contributed by atoms with Crippen LogP contribution in [0.1, 0.15) is 27.2 Å². The summed E-state index contributed by atoms with van der Waals surface area (Å²) in [4.78, 5) is 2.57. The van der Waals surface area contributed by atoms with E-state index >= 15 is 0 Å². The van der Waals surface area contributed by atoms with E-state index in [9.17, 15) is 0 Å². The molecule has 1 atom stereocenters. The molecule has 2 aliphatic rings. The summed E-state index contributed by atoms with van der Waals surface area (Å²) in [5, 5.41) is 7.16. The average Bonchev–Trinajstić information content (AvgIpc) is 2.41. The number of hydrogen-bond acceptors (Lipinski definition) is 4. The van der Waals surface area contributed by atoms with Gasteiger partial charge in [0.2, 0.25) is 0 Å². The lowest BCUT2D eigenvalue weighted by molar-refractivity contribution is 0.136. The van der Waals surface area contributed by atoms with Crippen molar-refractivity contribution in [3.8, 4) is 0 Å². The summed E-state index contributed by atoms with van der Waals surface area (Å²) in [6, 6.07) is 0. The molecule has 4 heteroatoms. The lowest BCUT2D eigenvalue weighted by Crippen LogP contribution is -2.45. The number of fused-ring (bicyclic) bond motifs is 1. The van der Waals surface area contributed by atoms with Gasteiger partial charge in [-0.05, 0) is 27.2 Å². The molecule has 0 radical (unpaired) electrons. The van der Waals surface area contributed by atoms with Crippen LogP contribution in [0.4, 0.5) is 0 Å². The molecule has 0 N–H and O–H groups in total. The van der Waals surface area contributed by atoms with Gasteiger partial charge in [-0.2, -0.15) is 5.10 Å². The molecule has 2 rings (SSSR count). The van der Waals surface area contributed by atoms with Crippen molar-refractivity contribution in [1.82, 2.24) is 9.91 Å². The monoisotopic (exact) mass is 213 g/mol. The van der Waals surface area contributed by atoms with E-state index in [1.54, 1.807) is 0 Å². The highest BCUT2D eigenvalue weighted by atomic mass is 32.2. The average molecular weight is 213 g/mol. The maximum Gasteiger partial charge on any atom is 0.110 e. The van der Waals surface area contributed by atoms with Crippen molar-refractivity contribution >= 4 is 17.3 Å². The molecule has 2 aliphatic heterocycles. The number of hydrogen-bond donors (Lipinski definition) is 0. The zero-order chi connectivity index (χ0) is 10.2. The molecule has 14 heavy (non-hydrogen) atoms. The molecule has 0 aromatic carbocycles. The van der Waals surface area contributed by atoms with E-state index in [2.05, 4.69) is 35.8 Å². The van der Waals surface area contributed by atoms with Gasteiger partial charge in [0.25, 0.3) is 0 Å². The molecule has 0 aliphatic carbocycles. The minimum atomic E-state index is 0.291. The summed E-state index contributed by atoms with van der Waals surface area (Å²) in [7, 11) is 0. The van der Waals surface area contributed by atoms with Gasteiger partial charge in [0.1, 0.15) is 5.37 Å². The van der Waals surface area contributed by atoms with Crippen LogP contribution >= 0.6 is 11.8 Å². The van der Waals surface area contributed by atoms with Crippen LogP contribution in [-0.4, -0.2) is 46.0 Å². The summed E-state index contributed by atoms with van der Waals surface area (Å²) in [5.41, 5.74) is 2.27.